The predicted octanol–water partition coefficient (Wildman–Crippen LogP) is 4.76. The Morgan fingerprint density at radius 3 is 2.30 bits per heavy atom. The molecule has 0 spiro atoms. The molecule has 0 fully saturated rings. The minimum absolute atomic E-state index is 0.331. The van der Waals surface area contributed by atoms with Gasteiger partial charge >= 0.3 is 0 Å². The molecule has 0 saturated carbocycles. The molecule has 0 atom stereocenters. The molecule has 1 aromatic carbocycles. The summed E-state index contributed by atoms with van der Waals surface area (Å²) < 4.78 is 0. The molecule has 104 valence electrons. The molecule has 0 aliphatic rings. The molecule has 2 rings (SSSR count). The molecule has 20 heavy (non-hydrogen) atoms. The van der Waals surface area contributed by atoms with Gasteiger partial charge in [-0.25, -0.2) is 4.98 Å². The third-order valence-corrected chi connectivity index (χ3v) is 3.28. The number of hydrazone groups is 1. The van der Waals surface area contributed by atoms with Crippen LogP contribution in [0.3, 0.4) is 0 Å². The van der Waals surface area contributed by atoms with E-state index in [1.165, 1.54) is 16.7 Å². The highest BCUT2D eigenvalue weighted by molar-refractivity contribution is 6.34. The van der Waals surface area contributed by atoms with Gasteiger partial charge in [0.1, 0.15) is 11.0 Å². The molecule has 1 N–H and O–H groups in total. The van der Waals surface area contributed by atoms with E-state index in [9.17, 15) is 0 Å². The first-order chi connectivity index (χ1) is 9.45. The van der Waals surface area contributed by atoms with Crippen LogP contribution in [0.15, 0.2) is 29.4 Å². The summed E-state index contributed by atoms with van der Waals surface area (Å²) in [6.45, 7) is 6.21. The quantitative estimate of drug-likeness (QED) is 0.504. The van der Waals surface area contributed by atoms with Crippen molar-refractivity contribution in [2.24, 2.45) is 5.10 Å². The minimum atomic E-state index is 0.331. The maximum absolute atomic E-state index is 5.90. The van der Waals surface area contributed by atoms with E-state index in [4.69, 9.17) is 23.2 Å². The van der Waals surface area contributed by atoms with Crippen molar-refractivity contribution in [3.63, 3.8) is 0 Å². The van der Waals surface area contributed by atoms with E-state index in [0.717, 1.165) is 5.56 Å². The van der Waals surface area contributed by atoms with Crippen molar-refractivity contribution >= 4 is 35.2 Å². The van der Waals surface area contributed by atoms with Gasteiger partial charge in [0.15, 0.2) is 0 Å². The summed E-state index contributed by atoms with van der Waals surface area (Å²) in [7, 11) is 0. The largest absolute Gasteiger partial charge is 0.261 e. The van der Waals surface area contributed by atoms with E-state index < -0.39 is 0 Å². The number of halogens is 2. The number of aryl methyl sites for hydroxylation is 3. The Morgan fingerprint density at radius 1 is 1.05 bits per heavy atom. The standard InChI is InChI=1S/C15H15Cl2N3/c1-9-4-10(2)13(11(3)5-9)8-18-20-15-7-12(16)6-14(17)19-15/h4-8H,1-3H3,(H,19,20)/b18-8+. The van der Waals surface area contributed by atoms with Crippen molar-refractivity contribution < 1.29 is 0 Å². The Kier molecular flexibility index (Phi) is 4.63. The van der Waals surface area contributed by atoms with Crippen molar-refractivity contribution in [1.29, 1.82) is 0 Å². The highest BCUT2D eigenvalue weighted by Gasteiger charge is 2.01. The van der Waals surface area contributed by atoms with Gasteiger partial charge < -0.3 is 0 Å². The van der Waals surface area contributed by atoms with Crippen molar-refractivity contribution in [3.8, 4) is 0 Å². The van der Waals surface area contributed by atoms with Crippen LogP contribution < -0.4 is 5.43 Å². The summed E-state index contributed by atoms with van der Waals surface area (Å²) in [6, 6.07) is 7.50. The molecule has 0 saturated heterocycles. The van der Waals surface area contributed by atoms with Crippen LogP contribution in [0.4, 0.5) is 5.82 Å². The Balaban J connectivity index is 2.18. The normalized spacial score (nSPS) is 11.1. The molecule has 0 aliphatic carbocycles. The van der Waals surface area contributed by atoms with E-state index in [1.807, 2.05) is 0 Å². The number of pyridine rings is 1. The topological polar surface area (TPSA) is 37.3 Å². The highest BCUT2D eigenvalue weighted by atomic mass is 35.5. The lowest BCUT2D eigenvalue weighted by Gasteiger charge is -2.07. The molecule has 1 heterocycles. The fraction of sp³-hybridized carbons (Fsp3) is 0.200. The molecular formula is C15H15Cl2N3. The van der Waals surface area contributed by atoms with Crippen LogP contribution >= 0.6 is 23.2 Å². The van der Waals surface area contributed by atoms with Crippen molar-refractivity contribution in [2.75, 3.05) is 5.43 Å². The number of nitrogens with one attached hydrogen (secondary N) is 1. The van der Waals surface area contributed by atoms with Crippen LogP contribution in [0.25, 0.3) is 0 Å². The molecule has 5 heteroatoms. The third-order valence-electron chi connectivity index (χ3n) is 2.87. The lowest BCUT2D eigenvalue weighted by atomic mass is 10.0. The van der Waals surface area contributed by atoms with Gasteiger partial charge in [0.05, 0.1) is 6.21 Å². The number of hydrogen-bond acceptors (Lipinski definition) is 3. The lowest BCUT2D eigenvalue weighted by molar-refractivity contribution is 1.22. The van der Waals surface area contributed by atoms with E-state index in [0.29, 0.717) is 16.0 Å². The Morgan fingerprint density at radius 2 is 1.70 bits per heavy atom. The fourth-order valence-corrected chi connectivity index (χ4v) is 2.55. The van der Waals surface area contributed by atoms with Gasteiger partial charge in [0.25, 0.3) is 0 Å². The first-order valence-electron chi connectivity index (χ1n) is 6.16. The van der Waals surface area contributed by atoms with Crippen LogP contribution in [0.2, 0.25) is 10.2 Å². The Labute approximate surface area is 128 Å². The van der Waals surface area contributed by atoms with Gasteiger partial charge in [-0.1, -0.05) is 40.9 Å². The number of benzene rings is 1. The second kappa shape index (κ2) is 6.25. The second-order valence-electron chi connectivity index (χ2n) is 4.68. The molecule has 0 unspecified atom stereocenters. The fourth-order valence-electron chi connectivity index (χ4n) is 2.08. The summed E-state index contributed by atoms with van der Waals surface area (Å²) in [4.78, 5) is 4.08. The smallest absolute Gasteiger partial charge is 0.149 e. The van der Waals surface area contributed by atoms with Crippen LogP contribution in [0.5, 0.6) is 0 Å². The molecule has 2 aromatic rings. The first-order valence-corrected chi connectivity index (χ1v) is 6.91. The molecule has 1 aromatic heterocycles. The molecule has 0 amide bonds. The average molecular weight is 308 g/mol. The van der Waals surface area contributed by atoms with Gasteiger partial charge in [0.2, 0.25) is 0 Å². The van der Waals surface area contributed by atoms with Crippen LogP contribution in [0.1, 0.15) is 22.3 Å². The van der Waals surface area contributed by atoms with Gasteiger partial charge in [0, 0.05) is 16.7 Å². The summed E-state index contributed by atoms with van der Waals surface area (Å²) in [5, 5.41) is 5.04. The predicted molar refractivity (Wildman–Crippen MR) is 86.1 cm³/mol. The van der Waals surface area contributed by atoms with Gasteiger partial charge in [-0.2, -0.15) is 5.10 Å². The summed E-state index contributed by atoms with van der Waals surface area (Å²) in [5.41, 5.74) is 7.54. The molecular weight excluding hydrogens is 293 g/mol. The number of rotatable bonds is 3. The van der Waals surface area contributed by atoms with Gasteiger partial charge in [-0.3, -0.25) is 5.43 Å². The van der Waals surface area contributed by atoms with E-state index in [1.54, 1.807) is 18.3 Å². The van der Waals surface area contributed by atoms with E-state index in [-0.39, 0.29) is 0 Å². The van der Waals surface area contributed by atoms with Gasteiger partial charge in [-0.05, 0) is 38.0 Å². The van der Waals surface area contributed by atoms with E-state index in [2.05, 4.69) is 48.4 Å². The molecule has 0 radical (unpaired) electrons. The minimum Gasteiger partial charge on any atom is -0.261 e. The van der Waals surface area contributed by atoms with Crippen molar-refractivity contribution in [1.82, 2.24) is 4.98 Å². The average Bonchev–Trinajstić information content (AvgIpc) is 2.31. The summed E-state index contributed by atoms with van der Waals surface area (Å²) in [6.07, 6.45) is 1.78. The SMILES string of the molecule is Cc1cc(C)c(/C=N/Nc2cc(Cl)cc(Cl)n2)c(C)c1. The zero-order chi connectivity index (χ0) is 14.7. The number of aromatic nitrogens is 1. The van der Waals surface area contributed by atoms with Crippen molar-refractivity contribution in [3.05, 3.63) is 56.7 Å². The maximum atomic E-state index is 5.90. The Bertz CT molecular complexity index is 623. The van der Waals surface area contributed by atoms with Crippen LogP contribution in [-0.2, 0) is 0 Å². The summed E-state index contributed by atoms with van der Waals surface area (Å²) >= 11 is 11.7. The van der Waals surface area contributed by atoms with Gasteiger partial charge in [-0.15, -0.1) is 0 Å². The zero-order valence-electron chi connectivity index (χ0n) is 11.5. The second-order valence-corrected chi connectivity index (χ2v) is 5.50. The van der Waals surface area contributed by atoms with Crippen molar-refractivity contribution in [2.45, 2.75) is 20.8 Å². The third kappa shape index (κ3) is 3.71. The van der Waals surface area contributed by atoms with E-state index >= 15 is 0 Å². The number of hydrogen-bond donors (Lipinski definition) is 1. The molecule has 0 aliphatic heterocycles. The number of anilines is 1. The lowest BCUT2D eigenvalue weighted by Crippen LogP contribution is -1.97. The monoisotopic (exact) mass is 307 g/mol. The van der Waals surface area contributed by atoms with Crippen LogP contribution in [-0.4, -0.2) is 11.2 Å². The highest BCUT2D eigenvalue weighted by Crippen LogP contribution is 2.19. The van der Waals surface area contributed by atoms with Crippen LogP contribution in [0, 0.1) is 20.8 Å². The molecule has 3 nitrogen and oxygen atoms in total. The Hall–Kier alpha value is -1.58. The molecule has 0 bridgehead atoms. The number of nitrogens with zero attached hydrogens (tertiary/aromatic N) is 2. The zero-order valence-corrected chi connectivity index (χ0v) is 13.0. The summed E-state index contributed by atoms with van der Waals surface area (Å²) in [5.74, 6) is 0.515. The maximum Gasteiger partial charge on any atom is 0.149 e. The first kappa shape index (κ1) is 14.8.